The standard InChI is InChI=1S/C28H26N2O6/c1-17(2)16-36-23-6-4-5-20(15-23)25-24(26(31)19-9-13-22(14-10-19)30(34)35)27(32)28(33)29(25)21-11-7-18(3)8-12-21/h4-15,17,25,31H,16H2,1-3H3/b26-24+. The Morgan fingerprint density at radius 3 is 2.33 bits per heavy atom. The van der Waals surface area contributed by atoms with Crippen LogP contribution in [0.5, 0.6) is 5.75 Å². The summed E-state index contributed by atoms with van der Waals surface area (Å²) >= 11 is 0. The third-order valence-corrected chi connectivity index (χ3v) is 5.87. The van der Waals surface area contributed by atoms with Crippen molar-refractivity contribution in [1.82, 2.24) is 0 Å². The van der Waals surface area contributed by atoms with Crippen LogP contribution in [-0.4, -0.2) is 28.3 Å². The Morgan fingerprint density at radius 2 is 1.72 bits per heavy atom. The zero-order valence-electron chi connectivity index (χ0n) is 20.2. The summed E-state index contributed by atoms with van der Waals surface area (Å²) < 4.78 is 5.86. The van der Waals surface area contributed by atoms with E-state index in [9.17, 15) is 24.8 Å². The number of non-ortho nitro benzene ring substituents is 1. The molecule has 184 valence electrons. The van der Waals surface area contributed by atoms with Crippen LogP contribution in [0.1, 0.15) is 36.6 Å². The summed E-state index contributed by atoms with van der Waals surface area (Å²) in [6.07, 6.45) is 0. The minimum atomic E-state index is -0.925. The molecular formula is C28H26N2O6. The Kier molecular flexibility index (Phi) is 6.87. The molecule has 0 aliphatic carbocycles. The topological polar surface area (TPSA) is 110 Å². The summed E-state index contributed by atoms with van der Waals surface area (Å²) in [7, 11) is 0. The monoisotopic (exact) mass is 486 g/mol. The Labute approximate surface area is 208 Å². The van der Waals surface area contributed by atoms with Gasteiger partial charge in [0.15, 0.2) is 0 Å². The molecule has 8 heteroatoms. The van der Waals surface area contributed by atoms with Crippen molar-refractivity contribution in [2.24, 2.45) is 5.92 Å². The van der Waals surface area contributed by atoms with Gasteiger partial charge in [-0.1, -0.05) is 43.7 Å². The minimum absolute atomic E-state index is 0.101. The van der Waals surface area contributed by atoms with Crippen molar-refractivity contribution in [3.63, 3.8) is 0 Å². The average molecular weight is 487 g/mol. The van der Waals surface area contributed by atoms with E-state index in [-0.39, 0.29) is 16.8 Å². The van der Waals surface area contributed by atoms with Crippen molar-refractivity contribution in [3.8, 4) is 5.75 Å². The predicted octanol–water partition coefficient (Wildman–Crippen LogP) is 5.56. The molecule has 0 spiro atoms. The highest BCUT2D eigenvalue weighted by atomic mass is 16.6. The zero-order valence-corrected chi connectivity index (χ0v) is 20.2. The molecule has 1 aliphatic heterocycles. The zero-order chi connectivity index (χ0) is 26.0. The van der Waals surface area contributed by atoms with E-state index >= 15 is 0 Å². The number of aryl methyl sites for hydroxylation is 1. The molecule has 1 heterocycles. The quantitative estimate of drug-likeness (QED) is 0.154. The van der Waals surface area contributed by atoms with Crippen LogP contribution in [-0.2, 0) is 9.59 Å². The van der Waals surface area contributed by atoms with Crippen molar-refractivity contribution < 1.29 is 24.4 Å². The van der Waals surface area contributed by atoms with Crippen molar-refractivity contribution in [2.75, 3.05) is 11.5 Å². The number of nitro benzene ring substituents is 1. The van der Waals surface area contributed by atoms with Crippen molar-refractivity contribution in [1.29, 1.82) is 0 Å². The van der Waals surface area contributed by atoms with Gasteiger partial charge in [-0.25, -0.2) is 0 Å². The van der Waals surface area contributed by atoms with E-state index in [0.717, 1.165) is 5.56 Å². The molecule has 0 bridgehead atoms. The Balaban J connectivity index is 1.87. The summed E-state index contributed by atoms with van der Waals surface area (Å²) in [5, 5.41) is 22.2. The van der Waals surface area contributed by atoms with Crippen LogP contribution < -0.4 is 9.64 Å². The molecule has 3 aromatic carbocycles. The molecule has 1 saturated heterocycles. The fourth-order valence-corrected chi connectivity index (χ4v) is 4.05. The number of carbonyl (C=O) groups excluding carboxylic acids is 2. The average Bonchev–Trinajstić information content (AvgIpc) is 3.13. The predicted molar refractivity (Wildman–Crippen MR) is 136 cm³/mol. The molecule has 0 saturated carbocycles. The lowest BCUT2D eigenvalue weighted by molar-refractivity contribution is -0.384. The lowest BCUT2D eigenvalue weighted by Gasteiger charge is -2.26. The Hall–Kier alpha value is -4.46. The summed E-state index contributed by atoms with van der Waals surface area (Å²) in [5.74, 6) is -1.15. The second-order valence-electron chi connectivity index (χ2n) is 9.09. The van der Waals surface area contributed by atoms with Crippen molar-refractivity contribution in [2.45, 2.75) is 26.8 Å². The maximum atomic E-state index is 13.3. The number of anilines is 1. The largest absolute Gasteiger partial charge is 0.507 e. The molecule has 8 nitrogen and oxygen atoms in total. The van der Waals surface area contributed by atoms with E-state index in [1.54, 1.807) is 36.4 Å². The molecule has 1 unspecified atom stereocenters. The number of aliphatic hydroxyl groups is 1. The molecule has 0 aromatic heterocycles. The highest BCUT2D eigenvalue weighted by molar-refractivity contribution is 6.51. The van der Waals surface area contributed by atoms with Gasteiger partial charge in [0.2, 0.25) is 0 Å². The number of hydrogen-bond acceptors (Lipinski definition) is 6. The maximum absolute atomic E-state index is 13.3. The van der Waals surface area contributed by atoms with Crippen LogP contribution in [0, 0.1) is 23.0 Å². The molecule has 4 rings (SSSR count). The Bertz CT molecular complexity index is 1340. The first-order valence-corrected chi connectivity index (χ1v) is 11.5. The number of nitro groups is 1. The van der Waals surface area contributed by atoms with Gasteiger partial charge >= 0.3 is 0 Å². The van der Waals surface area contributed by atoms with Crippen LogP contribution >= 0.6 is 0 Å². The summed E-state index contributed by atoms with van der Waals surface area (Å²) in [6, 6.07) is 18.5. The number of rotatable bonds is 7. The molecule has 0 radical (unpaired) electrons. The van der Waals surface area contributed by atoms with Crippen molar-refractivity contribution in [3.05, 3.63) is 105 Å². The minimum Gasteiger partial charge on any atom is -0.507 e. The molecular weight excluding hydrogens is 460 g/mol. The van der Waals surface area contributed by atoms with Gasteiger partial charge in [0, 0.05) is 23.4 Å². The van der Waals surface area contributed by atoms with E-state index < -0.39 is 28.4 Å². The SMILES string of the molecule is Cc1ccc(N2C(=O)C(=O)/C(=C(/O)c3ccc([N+](=O)[O-])cc3)C2c2cccc(OCC(C)C)c2)cc1. The normalized spacial score (nSPS) is 17.0. The first-order chi connectivity index (χ1) is 17.2. The number of Topliss-reactive ketones (excluding diaryl/α,β-unsaturated/α-hetero) is 1. The molecule has 36 heavy (non-hydrogen) atoms. The van der Waals surface area contributed by atoms with E-state index in [2.05, 4.69) is 0 Å². The summed E-state index contributed by atoms with van der Waals surface area (Å²) in [5.41, 5.74) is 2.01. The number of ether oxygens (including phenoxy) is 1. The van der Waals surface area contributed by atoms with Crippen LogP contribution in [0.15, 0.2) is 78.4 Å². The second kappa shape index (κ2) is 10.0. The highest BCUT2D eigenvalue weighted by Crippen LogP contribution is 2.43. The summed E-state index contributed by atoms with van der Waals surface area (Å²) in [6.45, 7) is 6.46. The molecule has 1 N–H and O–H groups in total. The number of aliphatic hydroxyl groups excluding tert-OH is 1. The first-order valence-electron chi connectivity index (χ1n) is 11.5. The third-order valence-electron chi connectivity index (χ3n) is 5.87. The lowest BCUT2D eigenvalue weighted by atomic mass is 9.95. The van der Waals surface area contributed by atoms with Gasteiger partial charge in [0.25, 0.3) is 17.4 Å². The maximum Gasteiger partial charge on any atom is 0.300 e. The second-order valence-corrected chi connectivity index (χ2v) is 9.09. The van der Waals surface area contributed by atoms with Gasteiger partial charge in [-0.15, -0.1) is 0 Å². The molecule has 1 amide bonds. The van der Waals surface area contributed by atoms with E-state index in [1.165, 1.54) is 29.2 Å². The first kappa shape index (κ1) is 24.7. The van der Waals surface area contributed by atoms with Crippen LogP contribution in [0.2, 0.25) is 0 Å². The van der Waals surface area contributed by atoms with E-state index in [1.807, 2.05) is 32.9 Å². The highest BCUT2D eigenvalue weighted by Gasteiger charge is 2.47. The van der Waals surface area contributed by atoms with Gasteiger partial charge in [-0.2, -0.15) is 0 Å². The van der Waals surface area contributed by atoms with Crippen LogP contribution in [0.4, 0.5) is 11.4 Å². The van der Waals surface area contributed by atoms with Crippen LogP contribution in [0.3, 0.4) is 0 Å². The van der Waals surface area contributed by atoms with Crippen molar-refractivity contribution >= 4 is 28.8 Å². The van der Waals surface area contributed by atoms with Gasteiger partial charge in [0.1, 0.15) is 11.5 Å². The fourth-order valence-electron chi connectivity index (χ4n) is 4.05. The number of carbonyl (C=O) groups is 2. The number of amides is 1. The molecule has 1 aliphatic rings. The number of nitrogens with zero attached hydrogens (tertiary/aromatic N) is 2. The lowest BCUT2D eigenvalue weighted by Crippen LogP contribution is -2.29. The molecule has 3 aromatic rings. The van der Waals surface area contributed by atoms with E-state index in [0.29, 0.717) is 29.5 Å². The van der Waals surface area contributed by atoms with Crippen LogP contribution in [0.25, 0.3) is 5.76 Å². The smallest absolute Gasteiger partial charge is 0.300 e. The number of ketones is 1. The number of hydrogen-bond donors (Lipinski definition) is 1. The van der Waals surface area contributed by atoms with E-state index in [4.69, 9.17) is 4.74 Å². The number of benzene rings is 3. The van der Waals surface area contributed by atoms with Gasteiger partial charge in [-0.05, 0) is 54.8 Å². The Morgan fingerprint density at radius 1 is 1.06 bits per heavy atom. The van der Waals surface area contributed by atoms with Gasteiger partial charge in [0.05, 0.1) is 23.1 Å². The fraction of sp³-hybridized carbons (Fsp3) is 0.214. The van der Waals surface area contributed by atoms with Gasteiger partial charge in [-0.3, -0.25) is 24.6 Å². The van der Waals surface area contributed by atoms with Gasteiger partial charge < -0.3 is 9.84 Å². The summed E-state index contributed by atoms with van der Waals surface area (Å²) in [4.78, 5) is 38.4. The third kappa shape index (κ3) is 4.84. The molecule has 1 atom stereocenters. The molecule has 1 fully saturated rings.